The third-order valence-corrected chi connectivity index (χ3v) is 3.25. The number of halogens is 1. The predicted octanol–water partition coefficient (Wildman–Crippen LogP) is 3.23. The summed E-state index contributed by atoms with van der Waals surface area (Å²) < 4.78 is 0. The number of benzene rings is 1. The lowest BCUT2D eigenvalue weighted by molar-refractivity contribution is 1.12. The lowest BCUT2D eigenvalue weighted by Crippen LogP contribution is -1.96. The average molecular weight is 285 g/mol. The van der Waals surface area contributed by atoms with Gasteiger partial charge in [0, 0.05) is 17.3 Å². The molecule has 3 heterocycles. The summed E-state index contributed by atoms with van der Waals surface area (Å²) in [5, 5.41) is 11.4. The van der Waals surface area contributed by atoms with E-state index in [1.54, 1.807) is 12.4 Å². The van der Waals surface area contributed by atoms with Gasteiger partial charge in [0.05, 0.1) is 17.2 Å². The molecule has 3 N–H and O–H groups in total. The van der Waals surface area contributed by atoms with Crippen LogP contribution in [0, 0.1) is 0 Å². The highest BCUT2D eigenvalue weighted by molar-refractivity contribution is 6.28. The zero-order valence-corrected chi connectivity index (χ0v) is 10.9. The van der Waals surface area contributed by atoms with E-state index in [1.807, 2.05) is 24.3 Å². The fraction of sp³-hybridized carbons (Fsp3) is 0. The van der Waals surface area contributed by atoms with Crippen LogP contribution >= 0.6 is 11.6 Å². The molecule has 0 radical (unpaired) electrons. The van der Waals surface area contributed by atoms with Crippen molar-refractivity contribution < 1.29 is 0 Å². The largest absolute Gasteiger partial charge is 0.357 e. The molecule has 98 valence electrons. The number of H-pyrrole nitrogens is 2. The molecule has 3 aromatic heterocycles. The topological polar surface area (TPSA) is 82.3 Å². The number of anilines is 2. The monoisotopic (exact) mass is 284 g/mol. The Bertz CT molecular complexity index is 909. The van der Waals surface area contributed by atoms with Gasteiger partial charge in [-0.05, 0) is 35.9 Å². The zero-order chi connectivity index (χ0) is 13.5. The molecule has 0 atom stereocenters. The van der Waals surface area contributed by atoms with Crippen molar-refractivity contribution in [3.05, 3.63) is 41.9 Å². The standard InChI is InChI=1S/C13H9ClN6/c14-13-18-10-3-4-15-11(10)12(19-13)17-8-1-2-9-7(5-8)6-16-20-9/h1-6,15H,(H,16,20)(H,17,18,19). The molecule has 20 heavy (non-hydrogen) atoms. The fourth-order valence-electron chi connectivity index (χ4n) is 2.16. The molecule has 0 aliphatic carbocycles. The first-order chi connectivity index (χ1) is 9.79. The van der Waals surface area contributed by atoms with Gasteiger partial charge in [0.25, 0.3) is 0 Å². The second kappa shape index (κ2) is 4.21. The minimum atomic E-state index is 0.212. The van der Waals surface area contributed by atoms with Gasteiger partial charge in [0.1, 0.15) is 5.52 Å². The molecule has 0 saturated carbocycles. The lowest BCUT2D eigenvalue weighted by Gasteiger charge is -2.07. The molecule has 0 fully saturated rings. The number of fused-ring (bicyclic) bond motifs is 2. The van der Waals surface area contributed by atoms with E-state index in [4.69, 9.17) is 11.6 Å². The number of hydrogen-bond donors (Lipinski definition) is 3. The number of aromatic nitrogens is 5. The van der Waals surface area contributed by atoms with Crippen LogP contribution in [-0.4, -0.2) is 25.1 Å². The minimum Gasteiger partial charge on any atom is -0.357 e. The Morgan fingerprint density at radius 2 is 2.10 bits per heavy atom. The molecule has 0 aliphatic rings. The summed E-state index contributed by atoms with van der Waals surface area (Å²) >= 11 is 5.93. The van der Waals surface area contributed by atoms with Crippen molar-refractivity contribution in [1.82, 2.24) is 25.1 Å². The van der Waals surface area contributed by atoms with Gasteiger partial charge in [0.2, 0.25) is 5.28 Å². The number of nitrogens with one attached hydrogen (secondary N) is 3. The van der Waals surface area contributed by atoms with Gasteiger partial charge in [-0.15, -0.1) is 0 Å². The second-order valence-electron chi connectivity index (χ2n) is 4.38. The maximum atomic E-state index is 5.93. The van der Waals surface area contributed by atoms with Crippen LogP contribution in [0.15, 0.2) is 36.7 Å². The summed E-state index contributed by atoms with van der Waals surface area (Å²) in [5.41, 5.74) is 3.49. The molecule has 0 saturated heterocycles. The van der Waals surface area contributed by atoms with Crippen LogP contribution in [0.4, 0.5) is 11.5 Å². The molecule has 0 spiro atoms. The summed E-state index contributed by atoms with van der Waals surface area (Å²) in [5.74, 6) is 0.646. The highest BCUT2D eigenvalue weighted by atomic mass is 35.5. The molecule has 0 amide bonds. The average Bonchev–Trinajstić information content (AvgIpc) is 3.05. The summed E-state index contributed by atoms with van der Waals surface area (Å²) in [4.78, 5) is 11.5. The molecule has 6 nitrogen and oxygen atoms in total. The maximum absolute atomic E-state index is 5.93. The number of hydrogen-bond acceptors (Lipinski definition) is 4. The quantitative estimate of drug-likeness (QED) is 0.494. The molecule has 4 rings (SSSR count). The summed E-state index contributed by atoms with van der Waals surface area (Å²) in [7, 11) is 0. The molecule has 0 bridgehead atoms. The van der Waals surface area contributed by atoms with E-state index in [-0.39, 0.29) is 5.28 Å². The van der Waals surface area contributed by atoms with Crippen LogP contribution in [0.1, 0.15) is 0 Å². The first-order valence-electron chi connectivity index (χ1n) is 6.00. The zero-order valence-electron chi connectivity index (χ0n) is 10.2. The Balaban J connectivity index is 1.81. The van der Waals surface area contributed by atoms with E-state index in [9.17, 15) is 0 Å². The first kappa shape index (κ1) is 11.2. The van der Waals surface area contributed by atoms with E-state index < -0.39 is 0 Å². The third-order valence-electron chi connectivity index (χ3n) is 3.08. The van der Waals surface area contributed by atoms with Gasteiger partial charge < -0.3 is 10.3 Å². The van der Waals surface area contributed by atoms with Crippen molar-refractivity contribution in [2.45, 2.75) is 0 Å². The molecule has 1 aromatic carbocycles. The van der Waals surface area contributed by atoms with Crippen LogP contribution in [0.5, 0.6) is 0 Å². The van der Waals surface area contributed by atoms with Crippen molar-refractivity contribution in [3.63, 3.8) is 0 Å². The Morgan fingerprint density at radius 1 is 1.15 bits per heavy atom. The van der Waals surface area contributed by atoms with Crippen molar-refractivity contribution in [3.8, 4) is 0 Å². The smallest absolute Gasteiger partial charge is 0.225 e. The van der Waals surface area contributed by atoms with Gasteiger partial charge >= 0.3 is 0 Å². The molecular weight excluding hydrogens is 276 g/mol. The van der Waals surface area contributed by atoms with Crippen LogP contribution in [0.25, 0.3) is 21.9 Å². The molecule has 0 unspecified atom stereocenters. The molecular formula is C13H9ClN6. The Kier molecular flexibility index (Phi) is 2.37. The Hall–Kier alpha value is -2.60. The summed E-state index contributed by atoms with van der Waals surface area (Å²) in [6.07, 6.45) is 3.58. The normalized spacial score (nSPS) is 11.2. The summed E-state index contributed by atoms with van der Waals surface area (Å²) in [6.45, 7) is 0. The molecule has 0 aliphatic heterocycles. The van der Waals surface area contributed by atoms with Crippen LogP contribution in [-0.2, 0) is 0 Å². The van der Waals surface area contributed by atoms with E-state index >= 15 is 0 Å². The van der Waals surface area contributed by atoms with Crippen molar-refractivity contribution >= 4 is 45.0 Å². The van der Waals surface area contributed by atoms with Gasteiger partial charge in [0.15, 0.2) is 5.82 Å². The second-order valence-corrected chi connectivity index (χ2v) is 4.71. The van der Waals surface area contributed by atoms with Crippen molar-refractivity contribution in [2.24, 2.45) is 0 Å². The van der Waals surface area contributed by atoms with E-state index in [0.717, 1.165) is 27.6 Å². The number of aromatic amines is 2. The maximum Gasteiger partial charge on any atom is 0.225 e. The van der Waals surface area contributed by atoms with Crippen LogP contribution in [0.3, 0.4) is 0 Å². The highest BCUT2D eigenvalue weighted by Crippen LogP contribution is 2.25. The minimum absolute atomic E-state index is 0.212. The van der Waals surface area contributed by atoms with Gasteiger partial charge in [-0.2, -0.15) is 10.1 Å². The molecule has 4 aromatic rings. The molecule has 7 heteroatoms. The lowest BCUT2D eigenvalue weighted by atomic mass is 10.2. The Labute approximate surface area is 118 Å². The van der Waals surface area contributed by atoms with Crippen LogP contribution in [0.2, 0.25) is 5.28 Å². The van der Waals surface area contributed by atoms with Gasteiger partial charge in [-0.1, -0.05) is 0 Å². The third kappa shape index (κ3) is 1.78. The predicted molar refractivity (Wildman–Crippen MR) is 78.3 cm³/mol. The number of rotatable bonds is 2. The van der Waals surface area contributed by atoms with Gasteiger partial charge in [-0.3, -0.25) is 5.10 Å². The van der Waals surface area contributed by atoms with E-state index in [2.05, 4.69) is 30.5 Å². The van der Waals surface area contributed by atoms with E-state index in [0.29, 0.717) is 5.82 Å². The van der Waals surface area contributed by atoms with Crippen molar-refractivity contribution in [2.75, 3.05) is 5.32 Å². The SMILES string of the molecule is Clc1nc(Nc2ccc3[nH]ncc3c2)c2[nH]ccc2n1. The van der Waals surface area contributed by atoms with Crippen molar-refractivity contribution in [1.29, 1.82) is 0 Å². The summed E-state index contributed by atoms with van der Waals surface area (Å²) in [6, 6.07) is 7.75. The van der Waals surface area contributed by atoms with Gasteiger partial charge in [-0.25, -0.2) is 4.98 Å². The number of nitrogens with zero attached hydrogens (tertiary/aromatic N) is 3. The van der Waals surface area contributed by atoms with E-state index in [1.165, 1.54) is 0 Å². The first-order valence-corrected chi connectivity index (χ1v) is 6.38. The van der Waals surface area contributed by atoms with Crippen LogP contribution < -0.4 is 5.32 Å². The Morgan fingerprint density at radius 3 is 3.05 bits per heavy atom. The fourth-order valence-corrected chi connectivity index (χ4v) is 2.34. The highest BCUT2D eigenvalue weighted by Gasteiger charge is 2.08.